The molecule has 3 aromatic carbocycles. The molecule has 0 aliphatic rings. The van der Waals surface area contributed by atoms with Crippen LogP contribution in [0.3, 0.4) is 0 Å². The molecule has 4 rings (SSSR count). The fourth-order valence-corrected chi connectivity index (χ4v) is 3.90. The van der Waals surface area contributed by atoms with Crippen LogP contribution in [0, 0.1) is 0 Å². The second kappa shape index (κ2) is 10.8. The molecule has 0 saturated heterocycles. The van der Waals surface area contributed by atoms with Crippen LogP contribution in [0.2, 0.25) is 0 Å². The third-order valence-corrected chi connectivity index (χ3v) is 5.70. The summed E-state index contributed by atoms with van der Waals surface area (Å²) < 4.78 is 12.7. The van der Waals surface area contributed by atoms with Gasteiger partial charge >= 0.3 is 0 Å². The molecule has 0 aliphatic carbocycles. The predicted molar refractivity (Wildman–Crippen MR) is 139 cm³/mol. The number of ether oxygens (including phenoxy) is 2. The Morgan fingerprint density at radius 1 is 0.944 bits per heavy atom. The van der Waals surface area contributed by atoms with Gasteiger partial charge in [0, 0.05) is 24.4 Å². The largest absolute Gasteiger partial charge is 0.497 e. The van der Waals surface area contributed by atoms with E-state index in [1.54, 1.807) is 49.4 Å². The first-order chi connectivity index (χ1) is 17.4. The SMILES string of the molecule is COc1ccc(OC)c(-c2nn(-c3ccccc3)cc2C(=O)NC(C)c2cccc(NC(C)=O)c2)c1. The minimum atomic E-state index is -0.327. The summed E-state index contributed by atoms with van der Waals surface area (Å²) in [6.45, 7) is 3.34. The van der Waals surface area contributed by atoms with Crippen LogP contribution < -0.4 is 20.1 Å². The third-order valence-electron chi connectivity index (χ3n) is 5.70. The highest BCUT2D eigenvalue weighted by Gasteiger charge is 2.23. The molecular formula is C28H28N4O4. The number of nitrogens with zero attached hydrogens (tertiary/aromatic N) is 2. The molecule has 1 aromatic heterocycles. The van der Waals surface area contributed by atoms with Crippen LogP contribution in [0.4, 0.5) is 5.69 Å². The molecule has 0 spiro atoms. The number of methoxy groups -OCH3 is 2. The van der Waals surface area contributed by atoms with Gasteiger partial charge in [-0.15, -0.1) is 0 Å². The number of benzene rings is 3. The Kier molecular flexibility index (Phi) is 7.34. The maximum absolute atomic E-state index is 13.6. The number of hydrogen-bond acceptors (Lipinski definition) is 5. The number of anilines is 1. The van der Waals surface area contributed by atoms with Crippen molar-refractivity contribution < 1.29 is 19.1 Å². The van der Waals surface area contributed by atoms with E-state index in [-0.39, 0.29) is 17.9 Å². The lowest BCUT2D eigenvalue weighted by Crippen LogP contribution is -2.27. The minimum absolute atomic E-state index is 0.158. The lowest BCUT2D eigenvalue weighted by atomic mass is 10.0. The van der Waals surface area contributed by atoms with Crippen molar-refractivity contribution in [3.63, 3.8) is 0 Å². The first kappa shape index (κ1) is 24.5. The molecule has 184 valence electrons. The predicted octanol–water partition coefficient (Wildman–Crippen LogP) is 5.01. The molecule has 0 fully saturated rings. The molecule has 0 bridgehead atoms. The highest BCUT2D eigenvalue weighted by molar-refractivity contribution is 6.01. The number of nitrogens with one attached hydrogen (secondary N) is 2. The van der Waals surface area contributed by atoms with E-state index in [1.165, 1.54) is 6.92 Å². The summed E-state index contributed by atoms with van der Waals surface area (Å²) in [6, 6.07) is 22.0. The zero-order valence-electron chi connectivity index (χ0n) is 20.6. The average Bonchev–Trinajstić information content (AvgIpc) is 3.34. The fourth-order valence-electron chi connectivity index (χ4n) is 3.90. The number of amides is 2. The van der Waals surface area contributed by atoms with Gasteiger partial charge < -0.3 is 20.1 Å². The number of para-hydroxylation sites is 1. The minimum Gasteiger partial charge on any atom is -0.497 e. The van der Waals surface area contributed by atoms with Crippen LogP contribution in [-0.4, -0.2) is 35.8 Å². The first-order valence-corrected chi connectivity index (χ1v) is 11.5. The third kappa shape index (κ3) is 5.38. The Balaban J connectivity index is 1.73. The van der Waals surface area contributed by atoms with Crippen LogP contribution in [-0.2, 0) is 4.79 Å². The molecule has 0 aliphatic heterocycles. The van der Waals surface area contributed by atoms with Crippen molar-refractivity contribution in [1.29, 1.82) is 0 Å². The summed E-state index contributed by atoms with van der Waals surface area (Å²) >= 11 is 0. The summed E-state index contributed by atoms with van der Waals surface area (Å²) in [7, 11) is 3.15. The van der Waals surface area contributed by atoms with Crippen molar-refractivity contribution in [3.8, 4) is 28.4 Å². The van der Waals surface area contributed by atoms with E-state index in [0.29, 0.717) is 34.0 Å². The van der Waals surface area contributed by atoms with Gasteiger partial charge in [-0.1, -0.05) is 30.3 Å². The van der Waals surface area contributed by atoms with Crippen molar-refractivity contribution in [2.45, 2.75) is 19.9 Å². The van der Waals surface area contributed by atoms with E-state index >= 15 is 0 Å². The van der Waals surface area contributed by atoms with Crippen molar-refractivity contribution in [2.75, 3.05) is 19.5 Å². The second-order valence-corrected chi connectivity index (χ2v) is 8.24. The van der Waals surface area contributed by atoms with E-state index in [0.717, 1.165) is 11.3 Å². The van der Waals surface area contributed by atoms with Gasteiger partial charge in [-0.2, -0.15) is 5.10 Å². The van der Waals surface area contributed by atoms with E-state index in [9.17, 15) is 9.59 Å². The lowest BCUT2D eigenvalue weighted by molar-refractivity contribution is -0.114. The molecule has 8 nitrogen and oxygen atoms in total. The Bertz CT molecular complexity index is 1380. The summed E-state index contributed by atoms with van der Waals surface area (Å²) in [6.07, 6.45) is 1.71. The van der Waals surface area contributed by atoms with Gasteiger partial charge in [-0.3, -0.25) is 9.59 Å². The molecule has 0 radical (unpaired) electrons. The summed E-state index contributed by atoms with van der Waals surface area (Å²) in [5.74, 6) is 0.734. The molecular weight excluding hydrogens is 456 g/mol. The highest BCUT2D eigenvalue weighted by Crippen LogP contribution is 2.35. The molecule has 0 saturated carbocycles. The van der Waals surface area contributed by atoms with Gasteiger partial charge in [0.15, 0.2) is 0 Å². The average molecular weight is 485 g/mol. The molecule has 1 atom stereocenters. The van der Waals surface area contributed by atoms with Gasteiger partial charge in [0.05, 0.1) is 31.5 Å². The van der Waals surface area contributed by atoms with Crippen molar-refractivity contribution in [1.82, 2.24) is 15.1 Å². The van der Waals surface area contributed by atoms with Gasteiger partial charge in [0.25, 0.3) is 5.91 Å². The molecule has 36 heavy (non-hydrogen) atoms. The monoisotopic (exact) mass is 484 g/mol. The Morgan fingerprint density at radius 2 is 1.72 bits per heavy atom. The number of hydrogen-bond donors (Lipinski definition) is 2. The zero-order chi connectivity index (χ0) is 25.7. The van der Waals surface area contributed by atoms with Crippen molar-refractivity contribution >= 4 is 17.5 Å². The van der Waals surface area contributed by atoms with Gasteiger partial charge in [-0.25, -0.2) is 4.68 Å². The lowest BCUT2D eigenvalue weighted by Gasteiger charge is -2.16. The summed E-state index contributed by atoms with van der Waals surface area (Å²) in [4.78, 5) is 25.0. The van der Waals surface area contributed by atoms with Crippen LogP contribution in [0.25, 0.3) is 16.9 Å². The van der Waals surface area contributed by atoms with E-state index in [2.05, 4.69) is 10.6 Å². The molecule has 4 aromatic rings. The van der Waals surface area contributed by atoms with Crippen LogP contribution in [0.5, 0.6) is 11.5 Å². The van der Waals surface area contributed by atoms with Gasteiger partial charge in [0.2, 0.25) is 5.91 Å². The van der Waals surface area contributed by atoms with Crippen LogP contribution >= 0.6 is 0 Å². The van der Waals surface area contributed by atoms with Crippen LogP contribution in [0.15, 0.2) is 79.0 Å². The normalized spacial score (nSPS) is 11.4. The molecule has 2 N–H and O–H groups in total. The molecule has 2 amide bonds. The second-order valence-electron chi connectivity index (χ2n) is 8.24. The fraction of sp³-hybridized carbons (Fsp3) is 0.179. The zero-order valence-corrected chi connectivity index (χ0v) is 20.6. The maximum Gasteiger partial charge on any atom is 0.255 e. The summed E-state index contributed by atoms with van der Waals surface area (Å²) in [5, 5.41) is 10.6. The Hall–Kier alpha value is -4.59. The number of rotatable bonds is 8. The van der Waals surface area contributed by atoms with Crippen molar-refractivity contribution in [2.24, 2.45) is 0 Å². The Labute approximate surface area is 209 Å². The first-order valence-electron chi connectivity index (χ1n) is 11.5. The standard InChI is InChI=1S/C28H28N4O4/c1-18(20-9-8-10-21(15-20)30-19(2)33)29-28(34)25-17-32(22-11-6-5-7-12-22)31-27(25)24-16-23(35-3)13-14-26(24)36-4/h5-18H,1-4H3,(H,29,34)(H,30,33). The van der Waals surface area contributed by atoms with E-state index in [1.807, 2.05) is 55.5 Å². The maximum atomic E-state index is 13.6. The van der Waals surface area contributed by atoms with Crippen molar-refractivity contribution in [3.05, 3.63) is 90.1 Å². The number of carbonyl (C=O) groups excluding carboxylic acids is 2. The highest BCUT2D eigenvalue weighted by atomic mass is 16.5. The number of aromatic nitrogens is 2. The van der Waals surface area contributed by atoms with Gasteiger partial charge in [0.1, 0.15) is 17.2 Å². The molecule has 8 heteroatoms. The molecule has 1 unspecified atom stereocenters. The molecule has 1 heterocycles. The topological polar surface area (TPSA) is 94.5 Å². The van der Waals surface area contributed by atoms with Gasteiger partial charge in [-0.05, 0) is 55.0 Å². The Morgan fingerprint density at radius 3 is 2.42 bits per heavy atom. The quantitative estimate of drug-likeness (QED) is 0.367. The number of carbonyl (C=O) groups is 2. The van der Waals surface area contributed by atoms with Crippen LogP contribution in [0.1, 0.15) is 35.8 Å². The van der Waals surface area contributed by atoms with E-state index in [4.69, 9.17) is 14.6 Å². The van der Waals surface area contributed by atoms with E-state index < -0.39 is 0 Å². The summed E-state index contributed by atoms with van der Waals surface area (Å²) in [5.41, 5.74) is 3.82. The smallest absolute Gasteiger partial charge is 0.255 e.